The lowest BCUT2D eigenvalue weighted by molar-refractivity contribution is 0.416. The fourth-order valence-electron chi connectivity index (χ4n) is 2.24. The van der Waals surface area contributed by atoms with Crippen LogP contribution in [-0.4, -0.2) is 25.2 Å². The van der Waals surface area contributed by atoms with Gasteiger partial charge in [0.05, 0.1) is 5.69 Å². The quantitative estimate of drug-likeness (QED) is 0.850. The van der Waals surface area contributed by atoms with Crippen molar-refractivity contribution >= 4 is 33.2 Å². The zero-order valence-electron chi connectivity index (χ0n) is 10.3. The number of anilines is 1. The molecule has 1 saturated heterocycles. The average Bonchev–Trinajstić information content (AvgIpc) is 2.43. The predicted octanol–water partition coefficient (Wildman–Crippen LogP) is 3.68. The van der Waals surface area contributed by atoms with Crippen LogP contribution < -0.4 is 10.2 Å². The normalized spacial score (nSPS) is 20.1. The minimum Gasteiger partial charge on any atom is -0.369 e. The molecule has 1 fully saturated rings. The first-order valence-electron chi connectivity index (χ1n) is 5.93. The number of nitrogens with one attached hydrogen (secondary N) is 1. The highest BCUT2D eigenvalue weighted by atomic mass is 79.9. The Hall–Kier alpha value is -0.250. The third-order valence-electron chi connectivity index (χ3n) is 3.04. The van der Waals surface area contributed by atoms with Crippen LogP contribution in [0.4, 0.5) is 5.69 Å². The summed E-state index contributed by atoms with van der Waals surface area (Å²) in [7, 11) is 0. The Kier molecular flexibility index (Phi) is 4.01. The molecule has 2 nitrogen and oxygen atoms in total. The first kappa shape index (κ1) is 13.2. The van der Waals surface area contributed by atoms with Crippen LogP contribution in [0, 0.1) is 0 Å². The smallest absolute Gasteiger partial charge is 0.0526 e. The minimum atomic E-state index is 0.137. The number of hydrogen-bond donors (Lipinski definition) is 1. The van der Waals surface area contributed by atoms with Crippen LogP contribution >= 0.6 is 27.5 Å². The van der Waals surface area contributed by atoms with E-state index < -0.39 is 0 Å². The third-order valence-corrected chi connectivity index (χ3v) is 3.95. The van der Waals surface area contributed by atoms with Crippen molar-refractivity contribution in [3.8, 4) is 0 Å². The van der Waals surface area contributed by atoms with Crippen molar-refractivity contribution in [2.24, 2.45) is 0 Å². The molecule has 0 spiro atoms. The van der Waals surface area contributed by atoms with E-state index in [4.69, 9.17) is 11.6 Å². The van der Waals surface area contributed by atoms with Crippen LogP contribution in [0.2, 0.25) is 5.02 Å². The summed E-state index contributed by atoms with van der Waals surface area (Å²) < 4.78 is 1.11. The van der Waals surface area contributed by atoms with Crippen molar-refractivity contribution in [1.29, 1.82) is 0 Å². The molecule has 1 N–H and O–H groups in total. The number of nitrogens with zero attached hydrogens (tertiary/aromatic N) is 1. The summed E-state index contributed by atoms with van der Waals surface area (Å²) in [6, 6.07) is 5.96. The van der Waals surface area contributed by atoms with Gasteiger partial charge in [-0.05, 0) is 60.9 Å². The van der Waals surface area contributed by atoms with E-state index in [9.17, 15) is 0 Å². The zero-order valence-corrected chi connectivity index (χ0v) is 12.6. The summed E-state index contributed by atoms with van der Waals surface area (Å²) in [5.41, 5.74) is 1.33. The van der Waals surface area contributed by atoms with E-state index >= 15 is 0 Å². The Morgan fingerprint density at radius 1 is 1.41 bits per heavy atom. The maximum Gasteiger partial charge on any atom is 0.0526 e. The fraction of sp³-hybridized carbons (Fsp3) is 0.538. The van der Waals surface area contributed by atoms with Gasteiger partial charge in [0.1, 0.15) is 0 Å². The maximum absolute atomic E-state index is 6.08. The molecule has 0 radical (unpaired) electrons. The van der Waals surface area contributed by atoms with Gasteiger partial charge in [-0.15, -0.1) is 0 Å². The van der Waals surface area contributed by atoms with Gasteiger partial charge in [-0.1, -0.05) is 11.6 Å². The first-order valence-corrected chi connectivity index (χ1v) is 7.10. The fourth-order valence-corrected chi connectivity index (χ4v) is 2.91. The lowest BCUT2D eigenvalue weighted by Crippen LogP contribution is -2.46. The van der Waals surface area contributed by atoms with Gasteiger partial charge >= 0.3 is 0 Å². The Labute approximate surface area is 116 Å². The number of benzene rings is 1. The molecule has 2 rings (SSSR count). The van der Waals surface area contributed by atoms with Crippen LogP contribution in [0.5, 0.6) is 0 Å². The zero-order chi connectivity index (χ0) is 12.5. The average molecular weight is 318 g/mol. The summed E-state index contributed by atoms with van der Waals surface area (Å²) in [6.07, 6.45) is 1.16. The molecule has 94 valence electrons. The van der Waals surface area contributed by atoms with Gasteiger partial charge < -0.3 is 10.2 Å². The molecule has 17 heavy (non-hydrogen) atoms. The molecule has 1 aromatic rings. The molecule has 1 aliphatic heterocycles. The third kappa shape index (κ3) is 3.36. The second kappa shape index (κ2) is 5.17. The lowest BCUT2D eigenvalue weighted by atomic mass is 10.1. The summed E-state index contributed by atoms with van der Waals surface area (Å²) >= 11 is 9.69. The van der Waals surface area contributed by atoms with E-state index in [1.807, 2.05) is 18.2 Å². The molecule has 0 bridgehead atoms. The van der Waals surface area contributed by atoms with Crippen LogP contribution in [0.15, 0.2) is 22.7 Å². The predicted molar refractivity (Wildman–Crippen MR) is 78.1 cm³/mol. The van der Waals surface area contributed by atoms with E-state index in [1.54, 1.807) is 0 Å². The van der Waals surface area contributed by atoms with Gasteiger partial charge in [-0.2, -0.15) is 0 Å². The molecule has 0 amide bonds. The maximum atomic E-state index is 6.08. The Bertz CT molecular complexity index is 406. The number of hydrogen-bond acceptors (Lipinski definition) is 2. The summed E-state index contributed by atoms with van der Waals surface area (Å²) in [5.74, 6) is 0. The van der Waals surface area contributed by atoms with Gasteiger partial charge in [0, 0.05) is 28.1 Å². The van der Waals surface area contributed by atoms with Crippen molar-refractivity contribution in [3.05, 3.63) is 27.7 Å². The lowest BCUT2D eigenvalue weighted by Gasteiger charge is -2.32. The van der Waals surface area contributed by atoms with Crippen LogP contribution in [0.3, 0.4) is 0 Å². The molecular weight excluding hydrogens is 300 g/mol. The van der Waals surface area contributed by atoms with Gasteiger partial charge in [0.2, 0.25) is 0 Å². The molecule has 0 saturated carbocycles. The summed E-state index contributed by atoms with van der Waals surface area (Å²) in [4.78, 5) is 2.40. The SMILES string of the molecule is CC1(C)CN(c2cc(Cl)ccc2Br)CCCN1. The first-order chi connectivity index (χ1) is 7.98. The molecule has 0 aromatic heterocycles. The van der Waals surface area contributed by atoms with Crippen LogP contribution in [-0.2, 0) is 0 Å². The van der Waals surface area contributed by atoms with Crippen LogP contribution in [0.25, 0.3) is 0 Å². The van der Waals surface area contributed by atoms with E-state index in [0.717, 1.165) is 35.6 Å². The molecule has 1 heterocycles. The van der Waals surface area contributed by atoms with Gasteiger partial charge in [-0.3, -0.25) is 0 Å². The highest BCUT2D eigenvalue weighted by Gasteiger charge is 2.25. The molecule has 4 heteroatoms. The Morgan fingerprint density at radius 2 is 2.18 bits per heavy atom. The molecule has 1 aromatic carbocycles. The van der Waals surface area contributed by atoms with Gasteiger partial charge in [0.15, 0.2) is 0 Å². The van der Waals surface area contributed by atoms with Crippen molar-refractivity contribution in [3.63, 3.8) is 0 Å². The van der Waals surface area contributed by atoms with Gasteiger partial charge in [-0.25, -0.2) is 0 Å². The monoisotopic (exact) mass is 316 g/mol. The van der Waals surface area contributed by atoms with E-state index in [2.05, 4.69) is 40.0 Å². The summed E-state index contributed by atoms with van der Waals surface area (Å²) in [5, 5.41) is 4.35. The molecule has 1 aliphatic rings. The highest BCUT2D eigenvalue weighted by molar-refractivity contribution is 9.10. The van der Waals surface area contributed by atoms with Gasteiger partial charge in [0.25, 0.3) is 0 Å². The minimum absolute atomic E-state index is 0.137. The summed E-state index contributed by atoms with van der Waals surface area (Å²) in [6.45, 7) is 7.61. The van der Waals surface area contributed by atoms with Crippen molar-refractivity contribution in [2.75, 3.05) is 24.5 Å². The molecule has 0 aliphatic carbocycles. The topological polar surface area (TPSA) is 15.3 Å². The standard InChI is InChI=1S/C13H18BrClN2/c1-13(2)9-17(7-3-6-16-13)12-8-10(15)4-5-11(12)14/h4-5,8,16H,3,6-7,9H2,1-2H3. The Morgan fingerprint density at radius 3 is 2.94 bits per heavy atom. The van der Waals surface area contributed by atoms with Crippen molar-refractivity contribution < 1.29 is 0 Å². The highest BCUT2D eigenvalue weighted by Crippen LogP contribution is 2.31. The number of halogens is 2. The molecule has 0 unspecified atom stereocenters. The number of rotatable bonds is 1. The van der Waals surface area contributed by atoms with E-state index in [0.29, 0.717) is 0 Å². The largest absolute Gasteiger partial charge is 0.369 e. The Balaban J connectivity index is 2.28. The van der Waals surface area contributed by atoms with Crippen molar-refractivity contribution in [2.45, 2.75) is 25.8 Å². The second-order valence-corrected chi connectivity index (χ2v) is 6.47. The van der Waals surface area contributed by atoms with E-state index in [-0.39, 0.29) is 5.54 Å². The second-order valence-electron chi connectivity index (χ2n) is 5.18. The molecule has 0 atom stereocenters. The van der Waals surface area contributed by atoms with Crippen LogP contribution in [0.1, 0.15) is 20.3 Å². The van der Waals surface area contributed by atoms with E-state index in [1.165, 1.54) is 5.69 Å². The molecular formula is C13H18BrClN2. The van der Waals surface area contributed by atoms with Crippen molar-refractivity contribution in [1.82, 2.24) is 5.32 Å².